The molecule has 0 saturated carbocycles. The average Bonchev–Trinajstić information content (AvgIpc) is 2.53. The number of nitrogens with two attached hydrogens (primary N) is 1. The van der Waals surface area contributed by atoms with Crippen LogP contribution < -0.4 is 5.73 Å². The number of methoxy groups -OCH3 is 1. The summed E-state index contributed by atoms with van der Waals surface area (Å²) in [6, 6.07) is 10.6. The summed E-state index contributed by atoms with van der Waals surface area (Å²) in [6.07, 6.45) is 3.49. The average molecular weight is 248 g/mol. The highest BCUT2D eigenvalue weighted by atomic mass is 16.5. The number of likely N-dealkylation sites (tertiary alicyclic amines) is 1. The van der Waals surface area contributed by atoms with E-state index in [0.29, 0.717) is 6.61 Å². The highest BCUT2D eigenvalue weighted by Crippen LogP contribution is 2.20. The smallest absolute Gasteiger partial charge is 0.0654 e. The van der Waals surface area contributed by atoms with Gasteiger partial charge in [-0.1, -0.05) is 36.8 Å². The van der Waals surface area contributed by atoms with Crippen LogP contribution in [0.3, 0.4) is 0 Å². The molecule has 1 aromatic rings. The zero-order chi connectivity index (χ0) is 12.8. The Morgan fingerprint density at radius 3 is 2.78 bits per heavy atom. The van der Waals surface area contributed by atoms with Crippen molar-refractivity contribution in [3.63, 3.8) is 0 Å². The maximum absolute atomic E-state index is 6.45. The Balaban J connectivity index is 1.99. The summed E-state index contributed by atoms with van der Waals surface area (Å²) in [6.45, 7) is 3.70. The first-order valence-corrected chi connectivity index (χ1v) is 6.76. The van der Waals surface area contributed by atoms with E-state index in [-0.39, 0.29) is 5.54 Å². The molecule has 1 heterocycles. The van der Waals surface area contributed by atoms with E-state index in [1.807, 2.05) is 0 Å². The van der Waals surface area contributed by atoms with Gasteiger partial charge in [-0.2, -0.15) is 0 Å². The van der Waals surface area contributed by atoms with Crippen LogP contribution >= 0.6 is 0 Å². The summed E-state index contributed by atoms with van der Waals surface area (Å²) in [5.74, 6) is 0. The largest absolute Gasteiger partial charge is 0.383 e. The van der Waals surface area contributed by atoms with E-state index >= 15 is 0 Å². The highest BCUT2D eigenvalue weighted by molar-refractivity contribution is 5.14. The van der Waals surface area contributed by atoms with Crippen molar-refractivity contribution in [1.29, 1.82) is 0 Å². The van der Waals surface area contributed by atoms with E-state index in [9.17, 15) is 0 Å². The van der Waals surface area contributed by atoms with Gasteiger partial charge in [-0.3, -0.25) is 4.90 Å². The van der Waals surface area contributed by atoms with Gasteiger partial charge in [0.25, 0.3) is 0 Å². The molecule has 18 heavy (non-hydrogen) atoms. The van der Waals surface area contributed by atoms with Gasteiger partial charge in [0.2, 0.25) is 0 Å². The van der Waals surface area contributed by atoms with Crippen LogP contribution in [0.4, 0.5) is 0 Å². The van der Waals surface area contributed by atoms with Crippen LogP contribution in [0.15, 0.2) is 30.3 Å². The normalized spacial score (nSPS) is 25.9. The fourth-order valence-corrected chi connectivity index (χ4v) is 2.80. The number of ether oxygens (including phenoxy) is 1. The van der Waals surface area contributed by atoms with Crippen LogP contribution in [-0.2, 0) is 11.3 Å². The molecule has 0 aromatic heterocycles. The van der Waals surface area contributed by atoms with Gasteiger partial charge in [0.1, 0.15) is 0 Å². The summed E-state index contributed by atoms with van der Waals surface area (Å²) in [4.78, 5) is 2.46. The summed E-state index contributed by atoms with van der Waals surface area (Å²) < 4.78 is 5.29. The molecule has 1 aromatic carbocycles. The molecule has 2 N–H and O–H groups in total. The molecule has 0 bridgehead atoms. The lowest BCUT2D eigenvalue weighted by Crippen LogP contribution is -2.52. The van der Waals surface area contributed by atoms with Crippen LogP contribution in [-0.4, -0.2) is 37.2 Å². The lowest BCUT2D eigenvalue weighted by Gasteiger charge is -2.32. The Bertz CT molecular complexity index is 355. The van der Waals surface area contributed by atoms with Crippen molar-refractivity contribution in [2.45, 2.75) is 31.3 Å². The number of benzene rings is 1. The Labute approximate surface area is 110 Å². The molecule has 0 radical (unpaired) electrons. The molecule has 1 aliphatic rings. The third-order valence-electron chi connectivity index (χ3n) is 3.62. The van der Waals surface area contributed by atoms with Crippen LogP contribution in [0.5, 0.6) is 0 Å². The van der Waals surface area contributed by atoms with Crippen molar-refractivity contribution in [3.8, 4) is 0 Å². The molecule has 0 aliphatic carbocycles. The van der Waals surface area contributed by atoms with Gasteiger partial charge >= 0.3 is 0 Å². The zero-order valence-corrected chi connectivity index (χ0v) is 11.3. The first-order chi connectivity index (χ1) is 8.72. The van der Waals surface area contributed by atoms with Gasteiger partial charge in [0.15, 0.2) is 0 Å². The monoisotopic (exact) mass is 248 g/mol. The van der Waals surface area contributed by atoms with Crippen molar-refractivity contribution in [3.05, 3.63) is 35.9 Å². The van der Waals surface area contributed by atoms with E-state index in [1.165, 1.54) is 18.4 Å². The van der Waals surface area contributed by atoms with E-state index in [4.69, 9.17) is 10.5 Å². The second kappa shape index (κ2) is 6.32. The summed E-state index contributed by atoms with van der Waals surface area (Å²) >= 11 is 0. The highest BCUT2D eigenvalue weighted by Gasteiger charge is 2.29. The van der Waals surface area contributed by atoms with E-state index < -0.39 is 0 Å². The molecule has 0 spiro atoms. The maximum atomic E-state index is 6.45. The summed E-state index contributed by atoms with van der Waals surface area (Å²) in [7, 11) is 1.74. The molecular formula is C15H24N2O. The van der Waals surface area contributed by atoms with Crippen molar-refractivity contribution >= 4 is 0 Å². The molecule has 1 aliphatic heterocycles. The zero-order valence-electron chi connectivity index (χ0n) is 11.3. The van der Waals surface area contributed by atoms with Gasteiger partial charge in [-0.15, -0.1) is 0 Å². The first kappa shape index (κ1) is 13.5. The Morgan fingerprint density at radius 1 is 1.28 bits per heavy atom. The second-order valence-electron chi connectivity index (χ2n) is 5.45. The quantitative estimate of drug-likeness (QED) is 0.886. The number of hydrogen-bond acceptors (Lipinski definition) is 3. The SMILES string of the molecule is COCC1(N)CCCCN(Cc2ccccc2)C1. The minimum absolute atomic E-state index is 0.181. The predicted molar refractivity (Wildman–Crippen MR) is 74.4 cm³/mol. The number of rotatable bonds is 4. The number of hydrogen-bond donors (Lipinski definition) is 1. The fourth-order valence-electron chi connectivity index (χ4n) is 2.80. The Morgan fingerprint density at radius 2 is 2.06 bits per heavy atom. The third-order valence-corrected chi connectivity index (χ3v) is 3.62. The third kappa shape index (κ3) is 3.80. The molecule has 100 valence electrons. The molecule has 2 rings (SSSR count). The maximum Gasteiger partial charge on any atom is 0.0654 e. The fraction of sp³-hybridized carbons (Fsp3) is 0.600. The van der Waals surface area contributed by atoms with Crippen molar-refractivity contribution < 1.29 is 4.74 Å². The van der Waals surface area contributed by atoms with Crippen LogP contribution in [0, 0.1) is 0 Å². The molecule has 0 amide bonds. The lowest BCUT2D eigenvalue weighted by atomic mass is 9.96. The van der Waals surface area contributed by atoms with Crippen molar-refractivity contribution in [1.82, 2.24) is 4.90 Å². The van der Waals surface area contributed by atoms with E-state index in [2.05, 4.69) is 35.2 Å². The summed E-state index contributed by atoms with van der Waals surface area (Å²) in [5.41, 5.74) is 7.63. The van der Waals surface area contributed by atoms with Gasteiger partial charge < -0.3 is 10.5 Å². The molecule has 3 heteroatoms. The van der Waals surface area contributed by atoms with Gasteiger partial charge in [-0.05, 0) is 24.9 Å². The summed E-state index contributed by atoms with van der Waals surface area (Å²) in [5, 5.41) is 0. The predicted octanol–water partition coefficient (Wildman–Crippen LogP) is 2.02. The molecule has 1 atom stereocenters. The lowest BCUT2D eigenvalue weighted by molar-refractivity contribution is 0.102. The topological polar surface area (TPSA) is 38.5 Å². The minimum atomic E-state index is -0.181. The Kier molecular flexibility index (Phi) is 4.75. The van der Waals surface area contributed by atoms with Crippen LogP contribution in [0.2, 0.25) is 0 Å². The minimum Gasteiger partial charge on any atom is -0.383 e. The molecular weight excluding hydrogens is 224 g/mol. The number of nitrogens with zero attached hydrogens (tertiary/aromatic N) is 1. The van der Waals surface area contributed by atoms with Gasteiger partial charge in [0.05, 0.1) is 12.1 Å². The van der Waals surface area contributed by atoms with Gasteiger partial charge in [0, 0.05) is 20.2 Å². The second-order valence-corrected chi connectivity index (χ2v) is 5.45. The van der Waals surface area contributed by atoms with Gasteiger partial charge in [-0.25, -0.2) is 0 Å². The van der Waals surface area contributed by atoms with Crippen molar-refractivity contribution in [2.24, 2.45) is 5.73 Å². The molecule has 1 fully saturated rings. The first-order valence-electron chi connectivity index (χ1n) is 6.76. The van der Waals surface area contributed by atoms with E-state index in [0.717, 1.165) is 26.1 Å². The van der Waals surface area contributed by atoms with Crippen LogP contribution in [0.1, 0.15) is 24.8 Å². The van der Waals surface area contributed by atoms with Crippen molar-refractivity contribution in [2.75, 3.05) is 26.8 Å². The molecule has 1 unspecified atom stereocenters. The molecule has 1 saturated heterocycles. The van der Waals surface area contributed by atoms with E-state index in [1.54, 1.807) is 7.11 Å². The Hall–Kier alpha value is -0.900. The standard InChI is InChI=1S/C15H24N2O/c1-18-13-15(16)9-5-6-10-17(12-15)11-14-7-3-2-4-8-14/h2-4,7-8H,5-6,9-13,16H2,1H3. The molecule has 3 nitrogen and oxygen atoms in total. The van der Waals surface area contributed by atoms with Crippen LogP contribution in [0.25, 0.3) is 0 Å².